The summed E-state index contributed by atoms with van der Waals surface area (Å²) in [6.07, 6.45) is 2.73. The van der Waals surface area contributed by atoms with Crippen molar-refractivity contribution in [1.29, 1.82) is 0 Å². The van der Waals surface area contributed by atoms with Crippen LogP contribution in [0.4, 0.5) is 56.9 Å². The molecule has 17 aromatic rings. The van der Waals surface area contributed by atoms with Crippen molar-refractivity contribution >= 4 is 79.5 Å². The highest BCUT2D eigenvalue weighted by Gasteiger charge is 2.18. The van der Waals surface area contributed by atoms with E-state index in [0.29, 0.717) is 38.1 Å². The number of para-hydroxylation sites is 14. The Morgan fingerprint density at radius 3 is 1.28 bits per heavy atom. The Labute approximate surface area is 827 Å². The van der Waals surface area contributed by atoms with Crippen LogP contribution in [0.25, 0.3) is 11.1 Å². The van der Waals surface area contributed by atoms with Gasteiger partial charge in [-0.15, -0.1) is 22.7 Å². The van der Waals surface area contributed by atoms with Gasteiger partial charge in [0, 0.05) is 72.8 Å². The molecule has 0 bridgehead atoms. The Hall–Kier alpha value is -14.9. The van der Waals surface area contributed by atoms with Crippen LogP contribution in [-0.2, 0) is 32.6 Å². The number of thiophene rings is 2. The standard InChI is InChI=1S/C21H21NO2.C19H17NO.C19H19NO.C19H25NO.C15H19NS.C14H16N2O.C14H17NOS/c1-15-13-18(23-3)14-16(2)21(15)22-19-11-7-8-12-20(19)24-17-9-5-4-6-10-17;1-21-19-14-8-7-13-18(19)20-17-12-6-5-11-16(17)15-9-3-2-4-10-15;1-15-11-12-18(21-15)14-20-19-10-6-5-9-17(19)13-16-7-3-2-4-8-16;1-13(2)15-9-8-10-16(14(3)4)19(15)20-17-11-6-7-12-18(17)21-5;1-10-7-11(2)15(12(3)8-10)16-9-14-6-5-13(4)17-14;1-2-17-14-9-4-3-8-13(14)16-11-12-7-5-6-10-15-12;1-3-16-14-7-5-4-6-13(14)15-10-12-9-8-11(2)17-12/h4-14,22H,1-3H3;2-14,20H,1H3;2-12,20H,13-14H2,1H3;6-14,20H,1-5H3;5-8,16H,9H2,1-4H3;3-10,16H,2,11H2,1H3;4-9,15H,3,10H2,1-2H3. The molecule has 7 N–H and O–H groups in total. The van der Waals surface area contributed by atoms with Crippen molar-refractivity contribution in [2.45, 2.75) is 141 Å². The van der Waals surface area contributed by atoms with E-state index in [1.165, 1.54) is 81.0 Å². The lowest BCUT2D eigenvalue weighted by Crippen LogP contribution is -2.04. The summed E-state index contributed by atoms with van der Waals surface area (Å²) in [7, 11) is 5.08. The van der Waals surface area contributed by atoms with Crippen LogP contribution in [0.1, 0.15) is 140 Å². The van der Waals surface area contributed by atoms with Gasteiger partial charge >= 0.3 is 0 Å². The minimum absolute atomic E-state index is 0.473. The average molecular weight is 1880 g/mol. The number of anilines is 10. The second-order valence-electron chi connectivity index (χ2n) is 33.6. The van der Waals surface area contributed by atoms with Crippen molar-refractivity contribution in [1.82, 2.24) is 4.98 Å². The van der Waals surface area contributed by atoms with Gasteiger partial charge in [-0.1, -0.05) is 246 Å². The summed E-state index contributed by atoms with van der Waals surface area (Å²) in [4.78, 5) is 9.72. The van der Waals surface area contributed by atoms with E-state index in [0.717, 1.165) is 134 Å². The second kappa shape index (κ2) is 55.2. The summed E-state index contributed by atoms with van der Waals surface area (Å²) in [6.45, 7) is 34.3. The lowest BCUT2D eigenvalue weighted by molar-refractivity contribution is 0.341. The van der Waals surface area contributed by atoms with Crippen molar-refractivity contribution in [3.05, 3.63) is 451 Å². The second-order valence-corrected chi connectivity index (χ2v) is 36.3. The van der Waals surface area contributed by atoms with Crippen molar-refractivity contribution in [2.75, 3.05) is 71.8 Å². The summed E-state index contributed by atoms with van der Waals surface area (Å²) in [5, 5.41) is 24.3. The number of aryl methyl sites for hydroxylation is 8. The highest BCUT2D eigenvalue weighted by Crippen LogP contribution is 2.40. The zero-order valence-electron chi connectivity index (χ0n) is 82.9. The molecule has 0 unspecified atom stereocenters. The molecule has 0 saturated heterocycles. The highest BCUT2D eigenvalue weighted by atomic mass is 32.1. The molecular weight excluding hydrogens is 1740 g/mol. The van der Waals surface area contributed by atoms with Crippen LogP contribution in [-0.4, -0.2) is 39.5 Å². The molecule has 0 amide bonds. The molecule has 0 aliphatic heterocycles. The number of furan rings is 1. The predicted molar refractivity (Wildman–Crippen MR) is 584 cm³/mol. The largest absolute Gasteiger partial charge is 0.497 e. The van der Waals surface area contributed by atoms with Gasteiger partial charge in [-0.2, -0.15) is 0 Å². The lowest BCUT2D eigenvalue weighted by Gasteiger charge is -2.21. The van der Waals surface area contributed by atoms with E-state index < -0.39 is 0 Å². The van der Waals surface area contributed by atoms with Crippen LogP contribution in [0.2, 0.25) is 0 Å². The number of methoxy groups -OCH3 is 3. The maximum atomic E-state index is 6.02. The number of hydrogen-bond donors (Lipinski definition) is 7. The van der Waals surface area contributed by atoms with Crippen molar-refractivity contribution < 1.29 is 32.8 Å². The third kappa shape index (κ3) is 32.7. The maximum absolute atomic E-state index is 6.02. The van der Waals surface area contributed by atoms with Crippen LogP contribution >= 0.6 is 22.7 Å². The number of nitrogens with zero attached hydrogens (tertiary/aromatic N) is 1. The van der Waals surface area contributed by atoms with Gasteiger partial charge in [0.2, 0.25) is 0 Å². The third-order valence-electron chi connectivity index (χ3n) is 22.2. The van der Waals surface area contributed by atoms with Gasteiger partial charge in [-0.05, 0) is 283 Å². The third-order valence-corrected chi connectivity index (χ3v) is 24.2. The molecule has 13 aromatic carbocycles. The fourth-order valence-electron chi connectivity index (χ4n) is 15.5. The Morgan fingerprint density at radius 2 is 0.775 bits per heavy atom. The molecule has 17 rings (SSSR count). The van der Waals surface area contributed by atoms with Gasteiger partial charge < -0.3 is 70.1 Å². The van der Waals surface area contributed by atoms with Crippen LogP contribution in [0.3, 0.4) is 0 Å². The molecule has 0 spiro atoms. The first-order valence-corrected chi connectivity index (χ1v) is 48.8. The van der Waals surface area contributed by atoms with E-state index in [9.17, 15) is 0 Å². The summed E-state index contributed by atoms with van der Waals surface area (Å²) in [6, 6.07) is 121. The smallest absolute Gasteiger partial charge is 0.150 e. The Morgan fingerprint density at radius 1 is 0.333 bits per heavy atom. The number of aromatic nitrogens is 1. The number of benzene rings is 13. The van der Waals surface area contributed by atoms with Crippen LogP contribution < -0.4 is 65.6 Å². The number of hydrogen-bond acceptors (Lipinski definition) is 17. The maximum Gasteiger partial charge on any atom is 0.150 e. The fraction of sp³-hybridized carbons (Fsp3) is 0.215. The first kappa shape index (κ1) is 104. The number of pyridine rings is 1. The Kier molecular flexibility index (Phi) is 41.4. The van der Waals surface area contributed by atoms with Gasteiger partial charge in [0.1, 0.15) is 46.0 Å². The van der Waals surface area contributed by atoms with E-state index in [1.807, 2.05) is 250 Å². The summed E-state index contributed by atoms with van der Waals surface area (Å²) in [5.41, 5.74) is 25.7. The monoisotopic (exact) mass is 1870 g/mol. The predicted octanol–water partition coefficient (Wildman–Crippen LogP) is 33.2. The van der Waals surface area contributed by atoms with Crippen molar-refractivity contribution in [3.8, 4) is 51.4 Å². The van der Waals surface area contributed by atoms with Gasteiger partial charge in [-0.25, -0.2) is 0 Å². The van der Waals surface area contributed by atoms with Crippen molar-refractivity contribution in [2.24, 2.45) is 0 Å². The molecule has 4 aromatic heterocycles. The van der Waals surface area contributed by atoms with Gasteiger partial charge in [0.25, 0.3) is 0 Å². The van der Waals surface area contributed by atoms with Gasteiger partial charge in [0.15, 0.2) is 5.75 Å². The zero-order valence-corrected chi connectivity index (χ0v) is 84.5. The fourth-order valence-corrected chi connectivity index (χ4v) is 17.1. The average Bonchev–Trinajstić information content (AvgIpc) is 0.946. The van der Waals surface area contributed by atoms with E-state index in [1.54, 1.807) is 27.5 Å². The van der Waals surface area contributed by atoms with Gasteiger partial charge in [0.05, 0.1) is 81.8 Å². The molecule has 0 aliphatic carbocycles. The van der Waals surface area contributed by atoms with E-state index in [2.05, 4.69) is 270 Å². The molecule has 4 heterocycles. The first-order chi connectivity index (χ1) is 67.1. The number of ether oxygens (including phenoxy) is 6. The summed E-state index contributed by atoms with van der Waals surface area (Å²) < 4.78 is 38.9. The molecule has 15 nitrogen and oxygen atoms in total. The summed E-state index contributed by atoms with van der Waals surface area (Å²) in [5.74, 6) is 8.83. The first-order valence-electron chi connectivity index (χ1n) is 47.1. The molecule has 712 valence electrons. The normalized spacial score (nSPS) is 10.4. The Balaban J connectivity index is 0.000000155. The van der Waals surface area contributed by atoms with Crippen molar-refractivity contribution in [3.63, 3.8) is 0 Å². The number of nitrogens with one attached hydrogen (secondary N) is 7. The molecule has 0 atom stereocenters. The zero-order chi connectivity index (χ0) is 97.8. The van der Waals surface area contributed by atoms with E-state index >= 15 is 0 Å². The van der Waals surface area contributed by atoms with Crippen LogP contribution in [0, 0.1) is 55.4 Å². The molecule has 17 heteroatoms. The molecule has 0 aliphatic rings. The lowest BCUT2D eigenvalue weighted by atomic mass is 9.92. The molecule has 138 heavy (non-hydrogen) atoms. The number of rotatable bonds is 32. The van der Waals surface area contributed by atoms with Gasteiger partial charge in [-0.3, -0.25) is 4.98 Å². The van der Waals surface area contributed by atoms with E-state index in [-0.39, 0.29) is 0 Å². The van der Waals surface area contributed by atoms with Crippen LogP contribution in [0.5, 0.6) is 40.2 Å². The molecular formula is C121H134N8O7S2. The molecule has 0 fully saturated rings. The highest BCUT2D eigenvalue weighted by molar-refractivity contribution is 7.12. The minimum Gasteiger partial charge on any atom is -0.497 e. The SMILES string of the molecule is CCOc1ccccc1NCc1ccc(C)s1.CCOc1ccccc1NCc1ccccn1.COc1cc(C)c(Nc2ccccc2Oc2ccccc2)c(C)c1.COc1ccccc1Nc1c(C(C)C)cccc1C(C)C.COc1ccccc1Nc1ccccc1-c1ccccc1.Cc1cc(C)c(NCc2ccc(C)s2)c(C)c1.Cc1ccc(CNc2ccccc2Cc2ccccc2)o1. The molecule has 0 saturated carbocycles. The topological polar surface area (TPSA) is 166 Å². The quantitative estimate of drug-likeness (QED) is 0.0213. The van der Waals surface area contributed by atoms with E-state index in [4.69, 9.17) is 32.8 Å². The Bertz CT molecular complexity index is 6430. The molecule has 0 radical (unpaired) electrons. The minimum atomic E-state index is 0.473. The summed E-state index contributed by atoms with van der Waals surface area (Å²) >= 11 is 3.68. The van der Waals surface area contributed by atoms with Crippen LogP contribution in [0.15, 0.2) is 369 Å².